The molecule has 0 aliphatic carbocycles. The van der Waals surface area contributed by atoms with Gasteiger partial charge in [-0.3, -0.25) is 19.5 Å². The maximum absolute atomic E-state index is 12.1. The van der Waals surface area contributed by atoms with E-state index >= 15 is 0 Å². The highest BCUT2D eigenvalue weighted by molar-refractivity contribution is 7.13. The lowest BCUT2D eigenvalue weighted by atomic mass is 10.3. The summed E-state index contributed by atoms with van der Waals surface area (Å²) in [4.78, 5) is 45.1. The second-order valence-corrected chi connectivity index (χ2v) is 6.27. The van der Waals surface area contributed by atoms with Crippen molar-refractivity contribution in [3.05, 3.63) is 35.6 Å². The number of carbonyl (C=O) groups is 3. The number of rotatable bonds is 5. The molecule has 2 aromatic rings. The van der Waals surface area contributed by atoms with Crippen LogP contribution in [0.15, 0.2) is 29.9 Å². The van der Waals surface area contributed by atoms with Gasteiger partial charge in [0.2, 0.25) is 0 Å². The minimum atomic E-state index is -1.02. The minimum Gasteiger partial charge on any atom is -0.452 e. The Morgan fingerprint density at radius 3 is 3.00 bits per heavy atom. The molecule has 0 aromatic carbocycles. The molecule has 0 radical (unpaired) electrons. The zero-order chi connectivity index (χ0) is 17.8. The highest BCUT2D eigenvalue weighted by Crippen LogP contribution is 2.23. The number of ether oxygens (including phenoxy) is 1. The summed E-state index contributed by atoms with van der Waals surface area (Å²) in [6, 6.07) is 3.23. The second kappa shape index (κ2) is 7.39. The summed E-state index contributed by atoms with van der Waals surface area (Å²) < 4.78 is 5.13. The van der Waals surface area contributed by atoms with Crippen molar-refractivity contribution in [2.24, 2.45) is 0 Å². The number of aromatic nitrogens is 2. The van der Waals surface area contributed by atoms with E-state index in [0.29, 0.717) is 12.2 Å². The third-order valence-corrected chi connectivity index (χ3v) is 4.50. The molecular weight excluding hydrogens is 344 g/mol. The average molecular weight is 360 g/mol. The molecule has 9 heteroatoms. The monoisotopic (exact) mass is 360 g/mol. The average Bonchev–Trinajstić information content (AvgIpc) is 3.24. The van der Waals surface area contributed by atoms with Crippen molar-refractivity contribution in [1.82, 2.24) is 20.2 Å². The number of pyridine rings is 1. The van der Waals surface area contributed by atoms with Crippen LogP contribution in [0.1, 0.15) is 12.6 Å². The third-order valence-electron chi connectivity index (χ3n) is 3.56. The molecule has 3 amide bonds. The van der Waals surface area contributed by atoms with E-state index in [2.05, 4.69) is 15.3 Å². The smallest absolute Gasteiger partial charge is 0.324 e. The van der Waals surface area contributed by atoms with Gasteiger partial charge >= 0.3 is 12.0 Å². The van der Waals surface area contributed by atoms with E-state index in [1.807, 2.05) is 12.1 Å². The topological polar surface area (TPSA) is 101 Å². The quantitative estimate of drug-likeness (QED) is 0.805. The van der Waals surface area contributed by atoms with Crippen molar-refractivity contribution in [3.8, 4) is 10.6 Å². The molecule has 0 saturated carbocycles. The molecule has 8 nitrogen and oxygen atoms in total. The molecule has 1 aliphatic rings. The van der Waals surface area contributed by atoms with Crippen LogP contribution in [0.3, 0.4) is 0 Å². The SMILES string of the molecule is C[C@H](OC(=O)Cc1csc(-c2cccnc2)n1)C(=O)N1CCNC1=O. The Bertz CT molecular complexity index is 792. The Balaban J connectivity index is 1.56. The van der Waals surface area contributed by atoms with Crippen molar-refractivity contribution < 1.29 is 19.1 Å². The van der Waals surface area contributed by atoms with E-state index in [0.717, 1.165) is 15.5 Å². The Morgan fingerprint density at radius 2 is 2.32 bits per heavy atom. The lowest BCUT2D eigenvalue weighted by Gasteiger charge is -2.17. The Morgan fingerprint density at radius 1 is 1.48 bits per heavy atom. The van der Waals surface area contributed by atoms with Crippen LogP contribution in [0.4, 0.5) is 4.79 Å². The number of urea groups is 1. The van der Waals surface area contributed by atoms with Gasteiger partial charge in [0, 0.05) is 36.4 Å². The van der Waals surface area contributed by atoms with Crippen LogP contribution in [-0.2, 0) is 20.7 Å². The van der Waals surface area contributed by atoms with Crippen LogP contribution >= 0.6 is 11.3 Å². The molecule has 1 saturated heterocycles. The van der Waals surface area contributed by atoms with Gasteiger partial charge in [-0.25, -0.2) is 9.78 Å². The number of hydrogen-bond acceptors (Lipinski definition) is 7. The second-order valence-electron chi connectivity index (χ2n) is 5.42. The van der Waals surface area contributed by atoms with Crippen molar-refractivity contribution in [2.75, 3.05) is 13.1 Å². The number of nitrogens with zero attached hydrogens (tertiary/aromatic N) is 3. The van der Waals surface area contributed by atoms with Gasteiger partial charge in [-0.2, -0.15) is 0 Å². The van der Waals surface area contributed by atoms with Gasteiger partial charge in [-0.1, -0.05) is 0 Å². The first kappa shape index (κ1) is 17.0. The van der Waals surface area contributed by atoms with Gasteiger partial charge in [0.05, 0.1) is 12.1 Å². The first-order valence-corrected chi connectivity index (χ1v) is 8.56. The zero-order valence-electron chi connectivity index (χ0n) is 13.5. The highest BCUT2D eigenvalue weighted by atomic mass is 32.1. The van der Waals surface area contributed by atoms with E-state index in [9.17, 15) is 14.4 Å². The predicted octanol–water partition coefficient (Wildman–Crippen LogP) is 1.23. The molecule has 0 bridgehead atoms. The first-order valence-electron chi connectivity index (χ1n) is 7.68. The lowest BCUT2D eigenvalue weighted by Crippen LogP contribution is -2.42. The van der Waals surface area contributed by atoms with Gasteiger partial charge in [0.15, 0.2) is 6.10 Å². The van der Waals surface area contributed by atoms with Crippen LogP contribution in [0.2, 0.25) is 0 Å². The molecule has 1 atom stereocenters. The molecular formula is C16H16N4O4S. The normalized spacial score (nSPS) is 14.9. The zero-order valence-corrected chi connectivity index (χ0v) is 14.3. The maximum Gasteiger partial charge on any atom is 0.324 e. The predicted molar refractivity (Wildman–Crippen MR) is 89.7 cm³/mol. The highest BCUT2D eigenvalue weighted by Gasteiger charge is 2.31. The number of nitrogens with one attached hydrogen (secondary N) is 1. The first-order chi connectivity index (χ1) is 12.0. The Labute approximate surface area is 147 Å². The molecule has 3 rings (SSSR count). The van der Waals surface area contributed by atoms with Crippen LogP contribution in [0, 0.1) is 0 Å². The van der Waals surface area contributed by atoms with Crippen molar-refractivity contribution in [1.29, 1.82) is 0 Å². The largest absolute Gasteiger partial charge is 0.452 e. The van der Waals surface area contributed by atoms with E-state index in [4.69, 9.17) is 4.74 Å². The maximum atomic E-state index is 12.1. The van der Waals surface area contributed by atoms with E-state index in [1.165, 1.54) is 18.3 Å². The van der Waals surface area contributed by atoms with Crippen LogP contribution in [0.25, 0.3) is 10.6 Å². The number of carbonyl (C=O) groups excluding carboxylic acids is 3. The van der Waals surface area contributed by atoms with Crippen LogP contribution in [0.5, 0.6) is 0 Å². The lowest BCUT2D eigenvalue weighted by molar-refractivity contribution is -0.156. The molecule has 25 heavy (non-hydrogen) atoms. The summed E-state index contributed by atoms with van der Waals surface area (Å²) >= 11 is 1.40. The van der Waals surface area contributed by atoms with Gasteiger partial charge in [0.1, 0.15) is 5.01 Å². The standard InChI is InChI=1S/C16H16N4O4S/c1-10(15(22)20-6-5-18-16(20)23)24-13(21)7-12-9-25-14(19-12)11-3-2-4-17-8-11/h2-4,8-10H,5-7H2,1H3,(H,18,23)/t10-/m0/s1. The van der Waals surface area contributed by atoms with Gasteiger partial charge in [-0.05, 0) is 19.1 Å². The van der Waals surface area contributed by atoms with E-state index in [-0.39, 0.29) is 13.0 Å². The minimum absolute atomic E-state index is 0.0411. The summed E-state index contributed by atoms with van der Waals surface area (Å²) in [5.74, 6) is -1.10. The molecule has 1 aliphatic heterocycles. The molecule has 3 heterocycles. The summed E-state index contributed by atoms with van der Waals surface area (Å²) in [6.45, 7) is 2.13. The van der Waals surface area contributed by atoms with Crippen LogP contribution in [-0.4, -0.2) is 52.0 Å². The number of amides is 3. The Hall–Kier alpha value is -2.81. The molecule has 130 valence electrons. The van der Waals surface area contributed by atoms with Gasteiger partial charge < -0.3 is 10.1 Å². The number of imide groups is 1. The van der Waals surface area contributed by atoms with Gasteiger partial charge in [0.25, 0.3) is 5.91 Å². The summed E-state index contributed by atoms with van der Waals surface area (Å²) in [6.07, 6.45) is 2.31. The fraction of sp³-hybridized carbons (Fsp3) is 0.312. The summed E-state index contributed by atoms with van der Waals surface area (Å²) in [5.41, 5.74) is 1.43. The third kappa shape index (κ3) is 4.00. The van der Waals surface area contributed by atoms with Crippen molar-refractivity contribution in [3.63, 3.8) is 0 Å². The van der Waals surface area contributed by atoms with Crippen molar-refractivity contribution in [2.45, 2.75) is 19.4 Å². The summed E-state index contributed by atoms with van der Waals surface area (Å²) in [5, 5.41) is 5.05. The molecule has 1 fully saturated rings. The van der Waals surface area contributed by atoms with E-state index in [1.54, 1.807) is 17.8 Å². The van der Waals surface area contributed by atoms with E-state index < -0.39 is 24.0 Å². The molecule has 2 aromatic heterocycles. The fourth-order valence-corrected chi connectivity index (χ4v) is 3.16. The fourth-order valence-electron chi connectivity index (χ4n) is 2.35. The van der Waals surface area contributed by atoms with Gasteiger partial charge in [-0.15, -0.1) is 11.3 Å². The Kier molecular flexibility index (Phi) is 5.03. The number of hydrogen-bond donors (Lipinski definition) is 1. The number of thiazole rings is 1. The number of esters is 1. The van der Waals surface area contributed by atoms with Crippen molar-refractivity contribution >= 4 is 29.2 Å². The van der Waals surface area contributed by atoms with Crippen LogP contribution < -0.4 is 5.32 Å². The summed E-state index contributed by atoms with van der Waals surface area (Å²) in [7, 11) is 0. The molecule has 1 N–H and O–H groups in total. The molecule has 0 spiro atoms. The molecule has 0 unspecified atom stereocenters.